The van der Waals surface area contributed by atoms with E-state index in [1.54, 1.807) is 0 Å². The van der Waals surface area contributed by atoms with Gasteiger partial charge in [-0.3, -0.25) is 0 Å². The molecule has 100 valence electrons. The molecular weight excluding hydrogens is 255 g/mol. The van der Waals surface area contributed by atoms with Gasteiger partial charge < -0.3 is 10.0 Å². The molecule has 1 saturated carbocycles. The van der Waals surface area contributed by atoms with Crippen molar-refractivity contribution in [1.29, 1.82) is 0 Å². The summed E-state index contributed by atoms with van der Waals surface area (Å²) < 4.78 is 13.9. The second kappa shape index (κ2) is 6.34. The van der Waals surface area contributed by atoms with Gasteiger partial charge in [-0.15, -0.1) is 0 Å². The van der Waals surface area contributed by atoms with E-state index < -0.39 is 5.82 Å². The number of hydrogen-bond donors (Lipinski definition) is 1. The van der Waals surface area contributed by atoms with Crippen LogP contribution in [0.15, 0.2) is 12.3 Å². The first-order chi connectivity index (χ1) is 8.72. The lowest BCUT2D eigenvalue weighted by atomic mass is 9.94. The number of hydrogen-bond acceptors (Lipinski definition) is 3. The standard InChI is InChI=1S/C13H18ClFN2O/c14-10-8-12(15)13(16-9-10)17(6-7-18)11-4-2-1-3-5-11/h8-9,11,18H,1-7H2. The second-order valence-electron chi connectivity index (χ2n) is 4.67. The third-order valence-electron chi connectivity index (χ3n) is 3.42. The quantitative estimate of drug-likeness (QED) is 0.915. The maximum Gasteiger partial charge on any atom is 0.167 e. The fourth-order valence-electron chi connectivity index (χ4n) is 2.58. The van der Waals surface area contributed by atoms with Crippen LogP contribution in [0.2, 0.25) is 5.02 Å². The minimum absolute atomic E-state index is 0.000244. The third kappa shape index (κ3) is 3.12. The van der Waals surface area contributed by atoms with Crippen LogP contribution >= 0.6 is 11.6 Å². The Hall–Kier alpha value is -0.870. The highest BCUT2D eigenvalue weighted by Crippen LogP contribution is 2.28. The van der Waals surface area contributed by atoms with Gasteiger partial charge in [-0.05, 0) is 18.9 Å². The van der Waals surface area contributed by atoms with Crippen LogP contribution in [0, 0.1) is 5.82 Å². The van der Waals surface area contributed by atoms with Crippen molar-refractivity contribution < 1.29 is 9.50 Å². The van der Waals surface area contributed by atoms with E-state index in [0.29, 0.717) is 17.4 Å². The van der Waals surface area contributed by atoms with Gasteiger partial charge in [0.15, 0.2) is 11.6 Å². The van der Waals surface area contributed by atoms with Crippen molar-refractivity contribution in [2.45, 2.75) is 38.1 Å². The largest absolute Gasteiger partial charge is 0.395 e. The molecule has 0 aromatic carbocycles. The molecule has 5 heteroatoms. The summed E-state index contributed by atoms with van der Waals surface area (Å²) in [5.41, 5.74) is 0. The molecule has 1 aromatic heterocycles. The highest BCUT2D eigenvalue weighted by Gasteiger charge is 2.24. The van der Waals surface area contributed by atoms with Crippen LogP contribution in [0.1, 0.15) is 32.1 Å². The lowest BCUT2D eigenvalue weighted by Crippen LogP contribution is -2.40. The van der Waals surface area contributed by atoms with Gasteiger partial charge in [0, 0.05) is 18.8 Å². The zero-order chi connectivity index (χ0) is 13.0. The van der Waals surface area contributed by atoms with Gasteiger partial charge in [0.25, 0.3) is 0 Å². The molecule has 1 aliphatic carbocycles. The Morgan fingerprint density at radius 2 is 2.11 bits per heavy atom. The smallest absolute Gasteiger partial charge is 0.167 e. The molecule has 0 bridgehead atoms. The Bertz CT molecular complexity index is 397. The predicted octanol–water partition coefficient (Wildman–Crippen LogP) is 3.01. The molecule has 0 amide bonds. The summed E-state index contributed by atoms with van der Waals surface area (Å²) in [6.45, 7) is 0.413. The molecule has 1 fully saturated rings. The van der Waals surface area contributed by atoms with Crippen molar-refractivity contribution in [2.24, 2.45) is 0 Å². The first-order valence-corrected chi connectivity index (χ1v) is 6.78. The van der Waals surface area contributed by atoms with Crippen molar-refractivity contribution in [2.75, 3.05) is 18.1 Å². The molecular formula is C13H18ClFN2O. The Labute approximate surface area is 112 Å². The highest BCUT2D eigenvalue weighted by molar-refractivity contribution is 6.30. The summed E-state index contributed by atoms with van der Waals surface area (Å²) in [4.78, 5) is 5.96. The molecule has 0 unspecified atom stereocenters. The molecule has 0 radical (unpaired) electrons. The van der Waals surface area contributed by atoms with Gasteiger partial charge in [-0.1, -0.05) is 30.9 Å². The van der Waals surface area contributed by atoms with Crippen molar-refractivity contribution in [3.63, 3.8) is 0 Å². The molecule has 18 heavy (non-hydrogen) atoms. The molecule has 0 atom stereocenters. The van der Waals surface area contributed by atoms with Gasteiger partial charge >= 0.3 is 0 Å². The lowest BCUT2D eigenvalue weighted by Gasteiger charge is -2.35. The second-order valence-corrected chi connectivity index (χ2v) is 5.10. The van der Waals surface area contributed by atoms with E-state index in [9.17, 15) is 4.39 Å². The lowest BCUT2D eigenvalue weighted by molar-refractivity contribution is 0.288. The summed E-state index contributed by atoms with van der Waals surface area (Å²) in [5.74, 6) is -0.109. The number of rotatable bonds is 4. The predicted molar refractivity (Wildman–Crippen MR) is 70.5 cm³/mol. The van der Waals surface area contributed by atoms with Crippen LogP contribution < -0.4 is 4.90 Å². The number of pyridine rings is 1. The Kier molecular flexibility index (Phi) is 4.78. The van der Waals surface area contributed by atoms with Crippen LogP contribution in [-0.2, 0) is 0 Å². The monoisotopic (exact) mass is 272 g/mol. The van der Waals surface area contributed by atoms with E-state index >= 15 is 0 Å². The van der Waals surface area contributed by atoms with E-state index in [1.165, 1.54) is 18.7 Å². The number of anilines is 1. The van der Waals surface area contributed by atoms with Crippen molar-refractivity contribution >= 4 is 17.4 Å². The zero-order valence-corrected chi connectivity index (χ0v) is 11.0. The average molecular weight is 273 g/mol. The van der Waals surface area contributed by atoms with Gasteiger partial charge in [-0.2, -0.15) is 0 Å². The normalized spacial score (nSPS) is 16.8. The zero-order valence-electron chi connectivity index (χ0n) is 10.3. The van der Waals surface area contributed by atoms with E-state index in [4.69, 9.17) is 16.7 Å². The minimum Gasteiger partial charge on any atom is -0.395 e. The third-order valence-corrected chi connectivity index (χ3v) is 3.62. The Balaban J connectivity index is 2.22. The van der Waals surface area contributed by atoms with Gasteiger partial charge in [0.05, 0.1) is 11.6 Å². The van der Waals surface area contributed by atoms with Gasteiger partial charge in [0.2, 0.25) is 0 Å². The molecule has 1 aliphatic rings. The van der Waals surface area contributed by atoms with Crippen LogP contribution in [0.4, 0.5) is 10.2 Å². The van der Waals surface area contributed by atoms with E-state index in [2.05, 4.69) is 4.98 Å². The van der Waals surface area contributed by atoms with Crippen LogP contribution in [0.25, 0.3) is 0 Å². The molecule has 1 heterocycles. The highest BCUT2D eigenvalue weighted by atomic mass is 35.5. The van der Waals surface area contributed by atoms with Crippen LogP contribution in [0.3, 0.4) is 0 Å². The topological polar surface area (TPSA) is 36.4 Å². The van der Waals surface area contributed by atoms with Crippen molar-refractivity contribution in [1.82, 2.24) is 4.98 Å². The summed E-state index contributed by atoms with van der Waals surface area (Å²) in [6.07, 6.45) is 7.06. The van der Waals surface area contributed by atoms with Crippen LogP contribution in [0.5, 0.6) is 0 Å². The van der Waals surface area contributed by atoms with E-state index in [-0.39, 0.29) is 12.6 Å². The maximum absolute atomic E-state index is 13.9. The number of aromatic nitrogens is 1. The maximum atomic E-state index is 13.9. The van der Waals surface area contributed by atoms with Gasteiger partial charge in [-0.25, -0.2) is 9.37 Å². The molecule has 0 saturated heterocycles. The average Bonchev–Trinajstić information content (AvgIpc) is 2.38. The van der Waals surface area contributed by atoms with Gasteiger partial charge in [0.1, 0.15) is 0 Å². The van der Waals surface area contributed by atoms with E-state index in [0.717, 1.165) is 25.7 Å². The molecule has 1 N–H and O–H groups in total. The molecule has 0 spiro atoms. The SMILES string of the molecule is OCCN(c1ncc(Cl)cc1F)C1CCCCC1. The number of nitrogens with zero attached hydrogens (tertiary/aromatic N) is 2. The first kappa shape index (κ1) is 13.6. The van der Waals surface area contributed by atoms with Crippen molar-refractivity contribution in [3.8, 4) is 0 Å². The Morgan fingerprint density at radius 1 is 1.39 bits per heavy atom. The number of aliphatic hydroxyl groups excluding tert-OH is 1. The van der Waals surface area contributed by atoms with Crippen LogP contribution in [-0.4, -0.2) is 29.3 Å². The summed E-state index contributed by atoms with van der Waals surface area (Å²) in [5, 5.41) is 9.45. The molecule has 2 rings (SSSR count). The summed E-state index contributed by atoms with van der Waals surface area (Å²) in [6, 6.07) is 1.55. The first-order valence-electron chi connectivity index (χ1n) is 6.41. The van der Waals surface area contributed by atoms with Crippen molar-refractivity contribution in [3.05, 3.63) is 23.1 Å². The number of aliphatic hydroxyl groups is 1. The summed E-state index contributed by atoms with van der Waals surface area (Å²) >= 11 is 5.71. The minimum atomic E-state index is -0.415. The summed E-state index contributed by atoms with van der Waals surface area (Å²) in [7, 11) is 0. The Morgan fingerprint density at radius 3 is 2.72 bits per heavy atom. The fraction of sp³-hybridized carbons (Fsp3) is 0.615. The molecule has 1 aromatic rings. The van der Waals surface area contributed by atoms with E-state index in [1.807, 2.05) is 4.90 Å². The number of halogens is 2. The fourth-order valence-corrected chi connectivity index (χ4v) is 2.73. The molecule has 3 nitrogen and oxygen atoms in total. The molecule has 0 aliphatic heterocycles.